The van der Waals surface area contributed by atoms with Crippen LogP contribution in [0, 0.1) is 30.6 Å². The van der Waals surface area contributed by atoms with Gasteiger partial charge in [-0.15, -0.1) is 0 Å². The Kier molecular flexibility index (Phi) is 5.95. The van der Waals surface area contributed by atoms with Crippen molar-refractivity contribution in [3.63, 3.8) is 0 Å². The lowest BCUT2D eigenvalue weighted by atomic mass is 9.96. The molecule has 0 saturated heterocycles. The van der Waals surface area contributed by atoms with Crippen molar-refractivity contribution in [2.45, 2.75) is 40.4 Å². The highest BCUT2D eigenvalue weighted by Crippen LogP contribution is 2.40. The standard InChI is InChI=1S/C24H27N5O3/c1-16(15-25)31-24(32-22(30)23(4,5)6,21-17(2)18(3)26-28(21)7)20-13-14-29(27-20)19-11-9-8-10-12-19/h8-14H,1H2,2-7H3. The molecule has 3 rings (SSSR count). The van der Waals surface area contributed by atoms with E-state index in [9.17, 15) is 10.1 Å². The number of hydrogen-bond acceptors (Lipinski definition) is 6. The topological polar surface area (TPSA) is 95.0 Å². The maximum atomic E-state index is 13.1. The molecule has 0 fully saturated rings. The lowest BCUT2D eigenvalue weighted by Gasteiger charge is -2.34. The molecule has 166 valence electrons. The molecular formula is C24H27N5O3. The fraction of sp³-hybridized carbons (Fsp3) is 0.333. The predicted molar refractivity (Wildman–Crippen MR) is 118 cm³/mol. The van der Waals surface area contributed by atoms with E-state index in [0.717, 1.165) is 16.9 Å². The summed E-state index contributed by atoms with van der Waals surface area (Å²) in [6.45, 7) is 12.6. The van der Waals surface area contributed by atoms with Gasteiger partial charge >= 0.3 is 11.8 Å². The number of hydrogen-bond donors (Lipinski definition) is 0. The highest BCUT2D eigenvalue weighted by Gasteiger charge is 2.50. The highest BCUT2D eigenvalue weighted by atomic mass is 16.7. The Morgan fingerprint density at radius 1 is 1.09 bits per heavy atom. The van der Waals surface area contributed by atoms with E-state index in [1.54, 1.807) is 49.4 Å². The van der Waals surface area contributed by atoms with Crippen LogP contribution >= 0.6 is 0 Å². The van der Waals surface area contributed by atoms with Gasteiger partial charge in [-0.3, -0.25) is 9.48 Å². The monoisotopic (exact) mass is 433 g/mol. The summed E-state index contributed by atoms with van der Waals surface area (Å²) in [6.07, 6.45) is 1.74. The number of esters is 1. The van der Waals surface area contributed by atoms with Gasteiger partial charge in [0, 0.05) is 18.8 Å². The van der Waals surface area contributed by atoms with Crippen LogP contribution in [0.3, 0.4) is 0 Å². The Balaban J connectivity index is 2.30. The van der Waals surface area contributed by atoms with Crippen molar-refractivity contribution in [3.8, 4) is 11.8 Å². The van der Waals surface area contributed by atoms with E-state index in [2.05, 4.69) is 16.8 Å². The largest absolute Gasteiger partial charge is 0.432 e. The number of benzene rings is 1. The molecule has 0 radical (unpaired) electrons. The lowest BCUT2D eigenvalue weighted by Crippen LogP contribution is -2.42. The van der Waals surface area contributed by atoms with Gasteiger partial charge in [0.15, 0.2) is 11.5 Å². The lowest BCUT2D eigenvalue weighted by molar-refractivity contribution is -0.215. The number of ether oxygens (including phenoxy) is 2. The van der Waals surface area contributed by atoms with Gasteiger partial charge in [0.25, 0.3) is 0 Å². The van der Waals surface area contributed by atoms with Gasteiger partial charge in [-0.1, -0.05) is 18.2 Å². The molecular weight excluding hydrogens is 406 g/mol. The van der Waals surface area contributed by atoms with Crippen molar-refractivity contribution in [1.29, 1.82) is 5.26 Å². The summed E-state index contributed by atoms with van der Waals surface area (Å²) in [5.74, 6) is -2.62. The molecule has 32 heavy (non-hydrogen) atoms. The van der Waals surface area contributed by atoms with E-state index in [1.807, 2.05) is 50.2 Å². The second-order valence-corrected chi connectivity index (χ2v) is 8.56. The average molecular weight is 434 g/mol. The molecule has 8 heteroatoms. The molecule has 8 nitrogen and oxygen atoms in total. The van der Waals surface area contributed by atoms with Crippen molar-refractivity contribution in [1.82, 2.24) is 19.6 Å². The minimum absolute atomic E-state index is 0.223. The number of para-hydroxylation sites is 1. The zero-order valence-corrected chi connectivity index (χ0v) is 19.2. The molecule has 0 saturated carbocycles. The quantitative estimate of drug-likeness (QED) is 0.252. The minimum Gasteiger partial charge on any atom is -0.432 e. The number of aromatic nitrogens is 4. The van der Waals surface area contributed by atoms with Crippen LogP contribution in [0.5, 0.6) is 0 Å². The molecule has 0 spiro atoms. The average Bonchev–Trinajstić information content (AvgIpc) is 3.33. The highest BCUT2D eigenvalue weighted by molar-refractivity contribution is 5.76. The van der Waals surface area contributed by atoms with Gasteiger partial charge in [0.05, 0.1) is 16.8 Å². The second-order valence-electron chi connectivity index (χ2n) is 8.56. The van der Waals surface area contributed by atoms with E-state index in [-0.39, 0.29) is 11.5 Å². The van der Waals surface area contributed by atoms with Gasteiger partial charge in [-0.05, 0) is 59.4 Å². The predicted octanol–water partition coefficient (Wildman–Crippen LogP) is 4.07. The Labute approximate surface area is 187 Å². The Morgan fingerprint density at radius 3 is 2.28 bits per heavy atom. The molecule has 0 aliphatic carbocycles. The van der Waals surface area contributed by atoms with Crippen molar-refractivity contribution >= 4 is 5.97 Å². The van der Waals surface area contributed by atoms with Crippen LogP contribution in [0.25, 0.3) is 5.69 Å². The summed E-state index contributed by atoms with van der Waals surface area (Å²) in [5, 5.41) is 18.6. The first kappa shape index (κ1) is 22.8. The Morgan fingerprint density at radius 2 is 1.75 bits per heavy atom. The summed E-state index contributed by atoms with van der Waals surface area (Å²) >= 11 is 0. The maximum Gasteiger partial charge on any atom is 0.344 e. The third-order valence-electron chi connectivity index (χ3n) is 5.02. The van der Waals surface area contributed by atoms with Crippen LogP contribution in [0.15, 0.2) is 54.9 Å². The molecule has 0 N–H and O–H groups in total. The smallest absolute Gasteiger partial charge is 0.344 e. The van der Waals surface area contributed by atoms with Crippen LogP contribution in [0.4, 0.5) is 0 Å². The van der Waals surface area contributed by atoms with Gasteiger partial charge in [0.1, 0.15) is 11.8 Å². The van der Waals surface area contributed by atoms with Gasteiger partial charge in [-0.25, -0.2) is 4.68 Å². The van der Waals surface area contributed by atoms with Crippen molar-refractivity contribution in [2.75, 3.05) is 0 Å². The summed E-state index contributed by atoms with van der Waals surface area (Å²) < 4.78 is 15.3. The first-order valence-electron chi connectivity index (χ1n) is 10.1. The third-order valence-corrected chi connectivity index (χ3v) is 5.02. The summed E-state index contributed by atoms with van der Waals surface area (Å²) in [4.78, 5) is 13.1. The van der Waals surface area contributed by atoms with Gasteiger partial charge in [-0.2, -0.15) is 15.5 Å². The number of nitriles is 1. The first-order chi connectivity index (χ1) is 15.0. The van der Waals surface area contributed by atoms with Crippen LogP contribution in [0.2, 0.25) is 0 Å². The minimum atomic E-state index is -1.86. The van der Waals surface area contributed by atoms with Gasteiger partial charge in [0.2, 0.25) is 0 Å². The van der Waals surface area contributed by atoms with Crippen LogP contribution in [-0.2, 0) is 27.1 Å². The molecule has 2 heterocycles. The molecule has 1 aromatic carbocycles. The zero-order chi connectivity index (χ0) is 23.7. The summed E-state index contributed by atoms with van der Waals surface area (Å²) in [5.41, 5.74) is 2.17. The molecule has 1 atom stereocenters. The molecule has 0 bridgehead atoms. The maximum absolute atomic E-state index is 13.1. The van der Waals surface area contributed by atoms with Crippen LogP contribution in [0.1, 0.15) is 43.4 Å². The van der Waals surface area contributed by atoms with E-state index in [0.29, 0.717) is 5.69 Å². The van der Waals surface area contributed by atoms with E-state index < -0.39 is 17.2 Å². The zero-order valence-electron chi connectivity index (χ0n) is 19.2. The van der Waals surface area contributed by atoms with E-state index >= 15 is 0 Å². The third kappa shape index (κ3) is 4.14. The summed E-state index contributed by atoms with van der Waals surface area (Å²) in [6, 6.07) is 13.1. The molecule has 2 aromatic heterocycles. The number of carbonyl (C=O) groups is 1. The molecule has 0 amide bonds. The van der Waals surface area contributed by atoms with Crippen LogP contribution < -0.4 is 0 Å². The summed E-state index contributed by atoms with van der Waals surface area (Å²) in [7, 11) is 1.72. The van der Waals surface area contributed by atoms with Gasteiger partial charge < -0.3 is 9.47 Å². The molecule has 0 aliphatic heterocycles. The Hall–Kier alpha value is -3.86. The Bertz CT molecular complexity index is 1190. The number of rotatable bonds is 6. The number of aryl methyl sites for hydroxylation is 2. The fourth-order valence-electron chi connectivity index (χ4n) is 3.27. The van der Waals surface area contributed by atoms with E-state index in [4.69, 9.17) is 9.47 Å². The molecule has 0 aliphatic rings. The van der Waals surface area contributed by atoms with Crippen molar-refractivity contribution in [2.24, 2.45) is 12.5 Å². The number of allylic oxidation sites excluding steroid dienone is 1. The number of carbonyl (C=O) groups excluding carboxylic acids is 1. The SMILES string of the molecule is C=C(C#N)OC(OC(=O)C(C)(C)C)(c1ccn(-c2ccccc2)n1)c1c(C)c(C)nn1C. The molecule has 1 unspecified atom stereocenters. The van der Waals surface area contributed by atoms with E-state index in [1.165, 1.54) is 0 Å². The first-order valence-corrected chi connectivity index (χ1v) is 10.1. The van der Waals surface area contributed by atoms with Crippen molar-refractivity contribution < 1.29 is 14.3 Å². The number of nitrogens with zero attached hydrogens (tertiary/aromatic N) is 5. The fourth-order valence-corrected chi connectivity index (χ4v) is 3.27. The van der Waals surface area contributed by atoms with Crippen LogP contribution in [-0.4, -0.2) is 25.5 Å². The normalized spacial score (nSPS) is 13.2. The second kappa shape index (κ2) is 8.35. The van der Waals surface area contributed by atoms with Crippen molar-refractivity contribution in [3.05, 3.63) is 77.6 Å². The molecule has 3 aromatic rings.